The van der Waals surface area contributed by atoms with E-state index in [1.54, 1.807) is 6.92 Å². The topological polar surface area (TPSA) is 52.6 Å². The van der Waals surface area contributed by atoms with Crippen molar-refractivity contribution >= 4 is 11.9 Å². The molecule has 4 fully saturated rings. The highest BCUT2D eigenvalue weighted by Gasteiger charge is 2.66. The van der Waals surface area contributed by atoms with Crippen LogP contribution in [-0.4, -0.2) is 17.7 Å². The molecule has 86 valence electrons. The fraction of sp³-hybridized carbons (Fsp3) is 0.667. The Hall–Kier alpha value is -1.32. The van der Waals surface area contributed by atoms with E-state index in [-0.39, 0.29) is 17.8 Å². The molecule has 4 atom stereocenters. The largest absolute Gasteiger partial charge is 0.422 e. The minimum absolute atomic E-state index is 0.0513. The van der Waals surface area contributed by atoms with E-state index >= 15 is 0 Å². The maximum atomic E-state index is 11.6. The molecule has 2 heterocycles. The molecule has 4 unspecified atom stereocenters. The van der Waals surface area contributed by atoms with Crippen LogP contribution >= 0.6 is 0 Å². The van der Waals surface area contributed by atoms with Gasteiger partial charge in [-0.3, -0.25) is 4.79 Å². The lowest BCUT2D eigenvalue weighted by atomic mass is 9.82. The lowest BCUT2D eigenvalue weighted by Crippen LogP contribution is -2.53. The molecule has 0 amide bonds. The maximum Gasteiger partial charge on any atom is 0.336 e. The molecule has 4 bridgehead atoms. The summed E-state index contributed by atoms with van der Waals surface area (Å²) in [4.78, 5) is 23.2. The van der Waals surface area contributed by atoms with Crippen molar-refractivity contribution in [2.24, 2.45) is 17.8 Å². The second-order valence-electron chi connectivity index (χ2n) is 5.14. The summed E-state index contributed by atoms with van der Waals surface area (Å²) in [6, 6.07) is 0. The average Bonchev–Trinajstić information content (AvgIpc) is 2.71. The summed E-state index contributed by atoms with van der Waals surface area (Å²) in [6.45, 7) is 5.14. The van der Waals surface area contributed by atoms with Gasteiger partial charge in [-0.15, -0.1) is 0 Å². The number of carbonyl (C=O) groups excluding carboxylic acids is 2. The highest BCUT2D eigenvalue weighted by Crippen LogP contribution is 2.60. The summed E-state index contributed by atoms with van der Waals surface area (Å²) in [5.74, 6) is -1.02. The fourth-order valence-corrected chi connectivity index (χ4v) is 3.29. The highest BCUT2D eigenvalue weighted by molar-refractivity contribution is 5.87. The quantitative estimate of drug-likeness (QED) is 0.523. The second kappa shape index (κ2) is 2.87. The van der Waals surface area contributed by atoms with Crippen LogP contribution in [0.2, 0.25) is 0 Å². The first-order valence-corrected chi connectivity index (χ1v) is 5.63. The van der Waals surface area contributed by atoms with Gasteiger partial charge in [-0.1, -0.05) is 6.58 Å². The molecule has 0 aromatic rings. The molecule has 0 radical (unpaired) electrons. The summed E-state index contributed by atoms with van der Waals surface area (Å²) in [7, 11) is 0. The molecule has 4 aliphatic rings. The summed E-state index contributed by atoms with van der Waals surface area (Å²) in [5.41, 5.74) is 0.343. The lowest BCUT2D eigenvalue weighted by Gasteiger charge is -2.43. The number of ether oxygens (including phenoxy) is 2. The van der Waals surface area contributed by atoms with Crippen molar-refractivity contribution in [3.63, 3.8) is 0 Å². The Morgan fingerprint density at radius 3 is 2.88 bits per heavy atom. The van der Waals surface area contributed by atoms with Gasteiger partial charge in [0.15, 0.2) is 0 Å². The van der Waals surface area contributed by atoms with E-state index in [1.165, 1.54) is 0 Å². The van der Waals surface area contributed by atoms with Gasteiger partial charge < -0.3 is 9.47 Å². The smallest absolute Gasteiger partial charge is 0.336 e. The van der Waals surface area contributed by atoms with E-state index in [4.69, 9.17) is 9.47 Å². The summed E-state index contributed by atoms with van der Waals surface area (Å²) >= 11 is 0. The van der Waals surface area contributed by atoms with Crippen molar-refractivity contribution in [1.82, 2.24) is 0 Å². The van der Waals surface area contributed by atoms with E-state index < -0.39 is 11.8 Å². The Morgan fingerprint density at radius 1 is 1.56 bits per heavy atom. The van der Waals surface area contributed by atoms with E-state index in [9.17, 15) is 9.59 Å². The zero-order valence-corrected chi connectivity index (χ0v) is 9.19. The van der Waals surface area contributed by atoms with E-state index in [2.05, 4.69) is 6.58 Å². The predicted molar refractivity (Wildman–Crippen MR) is 54.1 cm³/mol. The molecule has 2 saturated heterocycles. The minimum atomic E-state index is -0.966. The summed E-state index contributed by atoms with van der Waals surface area (Å²) in [5, 5.41) is 0. The van der Waals surface area contributed by atoms with Crippen LogP contribution in [0.1, 0.15) is 26.2 Å². The Balaban J connectivity index is 1.86. The van der Waals surface area contributed by atoms with E-state index in [0.717, 1.165) is 12.8 Å². The van der Waals surface area contributed by atoms with Crippen molar-refractivity contribution < 1.29 is 19.1 Å². The second-order valence-corrected chi connectivity index (χ2v) is 5.14. The van der Waals surface area contributed by atoms with Crippen molar-refractivity contribution in [2.45, 2.75) is 32.0 Å². The normalized spacial score (nSPS) is 43.3. The Labute approximate surface area is 93.6 Å². The predicted octanol–water partition coefficient (Wildman–Crippen LogP) is 1.40. The van der Waals surface area contributed by atoms with Crippen LogP contribution in [0.5, 0.6) is 0 Å². The third kappa shape index (κ3) is 1.10. The number of carbonyl (C=O) groups is 2. The molecule has 2 aliphatic carbocycles. The van der Waals surface area contributed by atoms with Crippen LogP contribution in [0.15, 0.2) is 12.2 Å². The summed E-state index contributed by atoms with van der Waals surface area (Å²) < 4.78 is 10.7. The number of hydrogen-bond donors (Lipinski definition) is 0. The van der Waals surface area contributed by atoms with E-state index in [0.29, 0.717) is 17.9 Å². The van der Waals surface area contributed by atoms with Gasteiger partial charge in [0.2, 0.25) is 0 Å². The maximum absolute atomic E-state index is 11.6. The van der Waals surface area contributed by atoms with Crippen molar-refractivity contribution in [3.05, 3.63) is 12.2 Å². The number of esters is 2. The first-order chi connectivity index (χ1) is 7.52. The standard InChI is InChI=1S/C12H14O4/c1-6(2)10(13)15-12-5-7-3-8(12)4-9(7)11(14)16-12/h7-9H,1,3-5H2,2H3. The van der Waals surface area contributed by atoms with Crippen LogP contribution in [0.4, 0.5) is 0 Å². The van der Waals surface area contributed by atoms with Crippen LogP contribution in [0.3, 0.4) is 0 Å². The molecular weight excluding hydrogens is 208 g/mol. The monoisotopic (exact) mass is 222 g/mol. The van der Waals surface area contributed by atoms with Crippen LogP contribution in [0.25, 0.3) is 0 Å². The molecule has 0 N–H and O–H groups in total. The third-order valence-corrected chi connectivity index (χ3v) is 4.05. The molecule has 16 heavy (non-hydrogen) atoms. The Morgan fingerprint density at radius 2 is 2.31 bits per heavy atom. The molecule has 4 nitrogen and oxygen atoms in total. The molecule has 2 aliphatic heterocycles. The minimum Gasteiger partial charge on any atom is -0.422 e. The average molecular weight is 222 g/mol. The molecule has 4 rings (SSSR count). The van der Waals surface area contributed by atoms with Crippen LogP contribution in [-0.2, 0) is 19.1 Å². The van der Waals surface area contributed by atoms with Crippen LogP contribution < -0.4 is 0 Å². The number of fused-ring (bicyclic) bond motifs is 1. The first-order valence-electron chi connectivity index (χ1n) is 5.63. The van der Waals surface area contributed by atoms with Crippen molar-refractivity contribution in [1.29, 1.82) is 0 Å². The molecule has 0 aromatic heterocycles. The molecular formula is C12H14O4. The lowest BCUT2D eigenvalue weighted by molar-refractivity contribution is -0.267. The molecule has 2 saturated carbocycles. The van der Waals surface area contributed by atoms with Gasteiger partial charge in [0.05, 0.1) is 5.92 Å². The SMILES string of the molecule is C=C(C)C(=O)OC12CC3CC1CC3C(=O)O2. The van der Waals surface area contributed by atoms with Gasteiger partial charge in [0, 0.05) is 17.9 Å². The number of rotatable bonds is 2. The fourth-order valence-electron chi connectivity index (χ4n) is 3.29. The van der Waals surface area contributed by atoms with Crippen LogP contribution in [0, 0.1) is 17.8 Å². The molecule has 0 aromatic carbocycles. The van der Waals surface area contributed by atoms with Crippen molar-refractivity contribution in [2.75, 3.05) is 0 Å². The number of hydrogen-bond acceptors (Lipinski definition) is 4. The highest BCUT2D eigenvalue weighted by atomic mass is 16.7. The molecule has 0 spiro atoms. The Kier molecular flexibility index (Phi) is 1.77. The van der Waals surface area contributed by atoms with Gasteiger partial charge in [-0.2, -0.15) is 0 Å². The van der Waals surface area contributed by atoms with Gasteiger partial charge in [0.25, 0.3) is 5.79 Å². The van der Waals surface area contributed by atoms with Crippen molar-refractivity contribution in [3.8, 4) is 0 Å². The summed E-state index contributed by atoms with van der Waals surface area (Å²) in [6.07, 6.45) is 2.43. The zero-order valence-electron chi connectivity index (χ0n) is 9.19. The van der Waals surface area contributed by atoms with Gasteiger partial charge in [-0.25, -0.2) is 4.79 Å². The zero-order chi connectivity index (χ0) is 11.5. The Bertz CT molecular complexity index is 400. The van der Waals surface area contributed by atoms with Gasteiger partial charge in [0.1, 0.15) is 0 Å². The van der Waals surface area contributed by atoms with E-state index in [1.807, 2.05) is 0 Å². The first kappa shape index (κ1) is 9.87. The molecule has 4 heteroatoms. The van der Waals surface area contributed by atoms with Gasteiger partial charge >= 0.3 is 11.9 Å². The third-order valence-electron chi connectivity index (χ3n) is 4.05. The van der Waals surface area contributed by atoms with Gasteiger partial charge in [-0.05, 0) is 25.7 Å².